The molecule has 1 aromatic carbocycles. The maximum Gasteiger partial charge on any atom is 0.330 e. The Kier molecular flexibility index (Phi) is 15.4. The average Bonchev–Trinajstić information content (AvgIpc) is 3.59. The van der Waals surface area contributed by atoms with Crippen LogP contribution in [0.1, 0.15) is 90.9 Å². The van der Waals surface area contributed by atoms with E-state index in [0.717, 1.165) is 50.1 Å². The lowest BCUT2D eigenvalue weighted by Gasteiger charge is -2.34. The molecule has 370 valence electrons. The number of nitrogens with one attached hydrogen (secondary N) is 4. The summed E-state index contributed by atoms with van der Waals surface area (Å²) in [6, 6.07) is 8.62. The number of rotatable bonds is 14. The summed E-state index contributed by atoms with van der Waals surface area (Å²) >= 11 is 1.45. The number of nitrogens with zero attached hydrogens (tertiary/aromatic N) is 5. The normalized spacial score (nSPS) is 24.6. The maximum absolute atomic E-state index is 15.1. The molecular weight excluding hydrogens is 923 g/mol. The number of pyridine rings is 2. The smallest absolute Gasteiger partial charge is 0.330 e. The number of fused-ring (bicyclic) bond motifs is 3. The third-order valence-electron chi connectivity index (χ3n) is 13.7. The first-order valence-electron chi connectivity index (χ1n) is 24.0. The number of aromatic nitrogens is 3. The number of methoxy groups -OCH3 is 1. The van der Waals surface area contributed by atoms with Gasteiger partial charge in [0.25, 0.3) is 10.0 Å². The van der Waals surface area contributed by atoms with E-state index in [2.05, 4.69) is 26.3 Å². The standard InChI is InChI=1S/C49H63N9O9S2/c1-30(2)51-48-55-40(29-68-48)38-25-42(35-21-20-33(66-4)23-37(35)52-38)67-34-24-41-44(59)56-49(46(61)62)26-32(49)17-11-6-5-7-12-18-36(45(60)58(41)27-34)53-47(63)54-39(31-15-9-8-10-16-31)28-57(3)69(64,65)43-19-13-14-22-50-43/h11,13-14,17,19-23,25,29-32,34,36,39,41H,5-10,12,15-16,18,24,26-28H2,1-4H3,(H,51,55)(H,56,59)(H,61,62)(H2,53,54,63)/b17-11-/t32?,34-,36-,39-,41+,49-/m1/s1. The molecule has 20 heteroatoms. The fraction of sp³-hybridized carbons (Fsp3) is 0.531. The van der Waals surface area contributed by atoms with Crippen LogP contribution < -0.4 is 30.7 Å². The number of thiazole rings is 1. The number of carboxylic acids is 1. The predicted octanol–water partition coefficient (Wildman–Crippen LogP) is 6.35. The number of hydrogen-bond acceptors (Lipinski definition) is 13. The monoisotopic (exact) mass is 985 g/mol. The molecule has 2 aliphatic heterocycles. The number of amides is 4. The molecule has 6 atom stereocenters. The minimum absolute atomic E-state index is 0.0138. The van der Waals surface area contributed by atoms with Crippen molar-refractivity contribution in [3.63, 3.8) is 0 Å². The largest absolute Gasteiger partial charge is 0.497 e. The number of urea groups is 1. The zero-order valence-electron chi connectivity index (χ0n) is 39.6. The molecule has 2 aliphatic carbocycles. The van der Waals surface area contributed by atoms with Crippen LogP contribution in [0.25, 0.3) is 22.3 Å². The molecule has 0 bridgehead atoms. The number of ether oxygens (including phenoxy) is 2. The number of carbonyl (C=O) groups is 4. The predicted molar refractivity (Wildman–Crippen MR) is 261 cm³/mol. The van der Waals surface area contributed by atoms with Gasteiger partial charge in [-0.3, -0.25) is 9.59 Å². The van der Waals surface area contributed by atoms with Crippen molar-refractivity contribution in [3.05, 3.63) is 66.2 Å². The van der Waals surface area contributed by atoms with Gasteiger partial charge in [0.15, 0.2) is 10.2 Å². The highest BCUT2D eigenvalue weighted by Crippen LogP contribution is 2.46. The molecule has 4 amide bonds. The number of benzene rings is 1. The van der Waals surface area contributed by atoms with Crippen molar-refractivity contribution in [1.29, 1.82) is 0 Å². The van der Waals surface area contributed by atoms with Gasteiger partial charge in [-0.2, -0.15) is 4.31 Å². The second-order valence-electron chi connectivity index (χ2n) is 19.0. The minimum Gasteiger partial charge on any atom is -0.497 e. The average molecular weight is 986 g/mol. The second kappa shape index (κ2) is 21.4. The van der Waals surface area contributed by atoms with Gasteiger partial charge in [-0.15, -0.1) is 11.3 Å². The molecule has 5 N–H and O–H groups in total. The van der Waals surface area contributed by atoms with Gasteiger partial charge in [0.2, 0.25) is 11.8 Å². The molecule has 1 unspecified atom stereocenters. The third-order valence-corrected chi connectivity index (χ3v) is 16.2. The Balaban J connectivity index is 1.08. The van der Waals surface area contributed by atoms with E-state index in [1.807, 2.05) is 37.4 Å². The fourth-order valence-corrected chi connectivity index (χ4v) is 11.8. The Morgan fingerprint density at radius 3 is 2.55 bits per heavy atom. The van der Waals surface area contributed by atoms with E-state index in [-0.39, 0.29) is 49.3 Å². The van der Waals surface area contributed by atoms with Gasteiger partial charge in [0.1, 0.15) is 40.9 Å². The van der Waals surface area contributed by atoms with Gasteiger partial charge in [-0.05, 0) is 82.6 Å². The van der Waals surface area contributed by atoms with Crippen molar-refractivity contribution in [2.75, 3.05) is 32.6 Å². The van der Waals surface area contributed by atoms with Crippen LogP contribution in [0.5, 0.6) is 11.5 Å². The number of hydrogen-bond donors (Lipinski definition) is 5. The molecule has 3 aromatic heterocycles. The first-order chi connectivity index (χ1) is 33.1. The molecule has 18 nitrogen and oxygen atoms in total. The van der Waals surface area contributed by atoms with Crippen molar-refractivity contribution in [3.8, 4) is 22.9 Å². The Morgan fingerprint density at radius 1 is 1.03 bits per heavy atom. The molecule has 69 heavy (non-hydrogen) atoms. The SMILES string of the molecule is COc1ccc2c(O[C@@H]3C[C@H]4C(=O)N[C@]5(C(=O)O)CC5/C=C\CCCCC[C@@H](NC(=O)N[C@H](CN(C)S(=O)(=O)c5ccccn5)C5CCCCC5)C(=O)N4C3)cc(-c3csc(NC(C)C)n3)nc2c1. The third kappa shape index (κ3) is 11.4. The Hall–Kier alpha value is -5.86. The Morgan fingerprint density at radius 2 is 1.81 bits per heavy atom. The van der Waals surface area contributed by atoms with Crippen LogP contribution in [-0.4, -0.2) is 125 Å². The molecule has 4 aliphatic rings. The van der Waals surface area contributed by atoms with Gasteiger partial charge < -0.3 is 40.7 Å². The summed E-state index contributed by atoms with van der Waals surface area (Å²) in [5.41, 5.74) is 0.223. The zero-order chi connectivity index (χ0) is 48.9. The van der Waals surface area contributed by atoms with Crippen LogP contribution >= 0.6 is 11.3 Å². The van der Waals surface area contributed by atoms with Crippen LogP contribution in [0.3, 0.4) is 0 Å². The molecule has 3 fully saturated rings. The minimum atomic E-state index is -3.98. The Labute approximate surface area is 407 Å². The van der Waals surface area contributed by atoms with E-state index >= 15 is 4.79 Å². The van der Waals surface area contributed by atoms with Crippen molar-refractivity contribution in [1.82, 2.24) is 40.1 Å². The van der Waals surface area contributed by atoms with Crippen LogP contribution in [0.4, 0.5) is 9.93 Å². The summed E-state index contributed by atoms with van der Waals surface area (Å²) < 4.78 is 40.7. The van der Waals surface area contributed by atoms with Gasteiger partial charge in [-0.25, -0.2) is 33.0 Å². The van der Waals surface area contributed by atoms with Crippen molar-refractivity contribution in [2.45, 2.75) is 132 Å². The van der Waals surface area contributed by atoms with Gasteiger partial charge in [0, 0.05) is 67.1 Å². The van der Waals surface area contributed by atoms with Gasteiger partial charge in [-0.1, -0.05) is 50.3 Å². The fourth-order valence-electron chi connectivity index (χ4n) is 9.81. The highest BCUT2D eigenvalue weighted by Gasteiger charge is 2.61. The lowest BCUT2D eigenvalue weighted by atomic mass is 9.84. The zero-order valence-corrected chi connectivity index (χ0v) is 41.2. The highest BCUT2D eigenvalue weighted by atomic mass is 32.2. The molecule has 0 radical (unpaired) electrons. The summed E-state index contributed by atoms with van der Waals surface area (Å²) in [5, 5.41) is 25.8. The summed E-state index contributed by atoms with van der Waals surface area (Å²) in [5.74, 6) is -1.68. The van der Waals surface area contributed by atoms with Crippen LogP contribution in [-0.2, 0) is 24.4 Å². The number of likely N-dealkylation sites (N-methyl/N-ethyl adjacent to an activating group) is 1. The first-order valence-corrected chi connectivity index (χ1v) is 26.3. The number of carboxylic acid groups (broad SMARTS) is 1. The van der Waals surface area contributed by atoms with E-state index in [9.17, 15) is 27.9 Å². The van der Waals surface area contributed by atoms with Gasteiger partial charge in [0.05, 0.1) is 24.9 Å². The molecule has 4 aromatic rings. The number of allylic oxidation sites excluding steroid dienone is 1. The van der Waals surface area contributed by atoms with E-state index in [1.165, 1.54) is 39.9 Å². The van der Waals surface area contributed by atoms with E-state index in [0.29, 0.717) is 46.6 Å². The molecule has 0 spiro atoms. The van der Waals surface area contributed by atoms with Crippen LogP contribution in [0.2, 0.25) is 0 Å². The quantitative estimate of drug-likeness (QED) is 0.0869. The number of sulfonamides is 1. The lowest BCUT2D eigenvalue weighted by molar-refractivity contribution is -0.145. The van der Waals surface area contributed by atoms with E-state index in [1.54, 1.807) is 37.4 Å². The summed E-state index contributed by atoms with van der Waals surface area (Å²) in [4.78, 5) is 71.8. The van der Waals surface area contributed by atoms with E-state index < -0.39 is 69.5 Å². The van der Waals surface area contributed by atoms with Crippen LogP contribution in [0.15, 0.2) is 71.2 Å². The Bertz CT molecular complexity index is 2640. The summed E-state index contributed by atoms with van der Waals surface area (Å²) in [6.45, 7) is 3.99. The molecule has 5 heterocycles. The number of carbonyl (C=O) groups excluding carboxylic acids is 3. The van der Waals surface area contributed by atoms with Crippen molar-refractivity contribution < 1.29 is 42.2 Å². The van der Waals surface area contributed by atoms with Crippen molar-refractivity contribution in [2.24, 2.45) is 11.8 Å². The summed E-state index contributed by atoms with van der Waals surface area (Å²) in [7, 11) is -0.939. The second-order valence-corrected chi connectivity index (χ2v) is 21.8. The van der Waals surface area contributed by atoms with Crippen molar-refractivity contribution >= 4 is 61.2 Å². The molecule has 8 rings (SSSR count). The highest BCUT2D eigenvalue weighted by molar-refractivity contribution is 7.89. The topological polar surface area (TPSA) is 234 Å². The van der Waals surface area contributed by atoms with Crippen LogP contribution in [0, 0.1) is 11.8 Å². The number of anilines is 1. The first kappa shape index (κ1) is 49.6. The maximum atomic E-state index is 15.1. The molecule has 1 saturated heterocycles. The molecular formula is C49H63N9O9S2. The summed E-state index contributed by atoms with van der Waals surface area (Å²) in [6.07, 6.45) is 12.3. The lowest BCUT2D eigenvalue weighted by Crippen LogP contribution is -2.58. The molecule has 2 saturated carbocycles. The number of aliphatic carboxylic acids is 1. The van der Waals surface area contributed by atoms with Gasteiger partial charge >= 0.3 is 12.0 Å². The van der Waals surface area contributed by atoms with E-state index in [4.69, 9.17) is 19.4 Å².